The molecule has 0 bridgehead atoms. The highest BCUT2D eigenvalue weighted by Gasteiger charge is 2.71. The molecule has 0 aromatic heterocycles. The summed E-state index contributed by atoms with van der Waals surface area (Å²) in [6.45, 7) is 14.4. The molecule has 0 aromatic rings. The van der Waals surface area contributed by atoms with Crippen molar-refractivity contribution in [2.45, 2.75) is 59.6 Å². The van der Waals surface area contributed by atoms with Crippen molar-refractivity contribution < 1.29 is 9.53 Å². The molecule has 1 aliphatic heterocycles. The number of ether oxygens (including phenoxy) is 1. The molecule has 3 atom stereocenters. The van der Waals surface area contributed by atoms with Gasteiger partial charge in [0.25, 0.3) is 0 Å². The molecule has 0 aromatic carbocycles. The van der Waals surface area contributed by atoms with E-state index in [0.717, 1.165) is 13.0 Å². The van der Waals surface area contributed by atoms with E-state index in [1.54, 1.807) is 0 Å². The van der Waals surface area contributed by atoms with Crippen LogP contribution in [-0.2, 0) is 9.53 Å². The Morgan fingerprint density at radius 2 is 1.86 bits per heavy atom. The molecule has 1 aliphatic carbocycles. The number of rotatable bonds is 5. The molecule has 1 saturated heterocycles. The molecule has 21 heavy (non-hydrogen) atoms. The van der Waals surface area contributed by atoms with Gasteiger partial charge in [-0.25, -0.2) is 0 Å². The van der Waals surface area contributed by atoms with Gasteiger partial charge in [0.2, 0.25) is 5.91 Å². The summed E-state index contributed by atoms with van der Waals surface area (Å²) in [5.74, 6) is 1.76. The van der Waals surface area contributed by atoms with Crippen LogP contribution in [0.3, 0.4) is 0 Å². The molecule has 2 rings (SSSR count). The third-order valence-corrected chi connectivity index (χ3v) is 6.04. The number of carbonyl (C=O) groups is 1. The maximum atomic E-state index is 12.8. The highest BCUT2D eigenvalue weighted by Crippen LogP contribution is 2.58. The standard InChI is InChI=1S/C17H32N2O2/c1-10(2)12(11(3)4)9-19-15(20)17(18)13-7-8-21-14(13)16(17,5)6/h10-14H,7-9,18H2,1-6H3,(H,19,20). The lowest BCUT2D eigenvalue weighted by Gasteiger charge is -2.60. The van der Waals surface area contributed by atoms with Gasteiger partial charge in [-0.2, -0.15) is 0 Å². The van der Waals surface area contributed by atoms with E-state index in [0.29, 0.717) is 24.3 Å². The lowest BCUT2D eigenvalue weighted by molar-refractivity contribution is -0.175. The summed E-state index contributed by atoms with van der Waals surface area (Å²) < 4.78 is 5.75. The van der Waals surface area contributed by atoms with Crippen molar-refractivity contribution in [2.24, 2.45) is 34.8 Å². The molecule has 0 spiro atoms. The zero-order chi connectivity index (χ0) is 16.0. The van der Waals surface area contributed by atoms with Crippen LogP contribution in [-0.4, -0.2) is 30.7 Å². The Bertz CT molecular complexity index is 398. The highest BCUT2D eigenvalue weighted by molar-refractivity contribution is 5.89. The van der Waals surface area contributed by atoms with Gasteiger partial charge in [0, 0.05) is 24.5 Å². The normalized spacial score (nSPS) is 34.2. The van der Waals surface area contributed by atoms with E-state index in [9.17, 15) is 4.79 Å². The molecular formula is C17H32N2O2. The van der Waals surface area contributed by atoms with Crippen molar-refractivity contribution in [2.75, 3.05) is 13.2 Å². The minimum Gasteiger partial charge on any atom is -0.377 e. The van der Waals surface area contributed by atoms with Crippen LogP contribution in [0.2, 0.25) is 0 Å². The number of nitrogens with one attached hydrogen (secondary N) is 1. The fourth-order valence-corrected chi connectivity index (χ4v) is 4.44. The fourth-order valence-electron chi connectivity index (χ4n) is 4.44. The number of hydrogen-bond acceptors (Lipinski definition) is 3. The Balaban J connectivity index is 2.03. The summed E-state index contributed by atoms with van der Waals surface area (Å²) in [5.41, 5.74) is 5.48. The van der Waals surface area contributed by atoms with Crippen LogP contribution < -0.4 is 11.1 Å². The Labute approximate surface area is 129 Å². The summed E-state index contributed by atoms with van der Waals surface area (Å²) in [4.78, 5) is 12.8. The van der Waals surface area contributed by atoms with E-state index in [1.165, 1.54) is 0 Å². The van der Waals surface area contributed by atoms with Crippen molar-refractivity contribution in [1.29, 1.82) is 0 Å². The Kier molecular flexibility index (Phi) is 4.42. The van der Waals surface area contributed by atoms with E-state index >= 15 is 0 Å². The van der Waals surface area contributed by atoms with Crippen LogP contribution in [0.25, 0.3) is 0 Å². The van der Waals surface area contributed by atoms with Gasteiger partial charge in [0.05, 0.1) is 6.10 Å². The van der Waals surface area contributed by atoms with Crippen molar-refractivity contribution in [3.8, 4) is 0 Å². The average Bonchev–Trinajstić information content (AvgIpc) is 2.84. The summed E-state index contributed by atoms with van der Waals surface area (Å²) in [6, 6.07) is 0. The largest absolute Gasteiger partial charge is 0.377 e. The summed E-state index contributed by atoms with van der Waals surface area (Å²) >= 11 is 0. The third-order valence-electron chi connectivity index (χ3n) is 6.04. The second-order valence-corrected chi connectivity index (χ2v) is 8.14. The monoisotopic (exact) mass is 296 g/mol. The van der Waals surface area contributed by atoms with Gasteiger partial charge in [0.1, 0.15) is 5.54 Å². The average molecular weight is 296 g/mol. The molecule has 122 valence electrons. The molecule has 1 saturated carbocycles. The number of amides is 1. The molecule has 2 aliphatic rings. The first-order chi connectivity index (χ1) is 9.64. The minimum atomic E-state index is -0.785. The van der Waals surface area contributed by atoms with E-state index < -0.39 is 5.54 Å². The molecule has 1 amide bonds. The summed E-state index contributed by atoms with van der Waals surface area (Å²) in [5, 5.41) is 3.14. The van der Waals surface area contributed by atoms with Gasteiger partial charge in [-0.3, -0.25) is 4.79 Å². The molecule has 1 heterocycles. The van der Waals surface area contributed by atoms with E-state index in [1.807, 2.05) is 0 Å². The second-order valence-electron chi connectivity index (χ2n) is 8.14. The molecule has 4 heteroatoms. The van der Waals surface area contributed by atoms with Gasteiger partial charge in [-0.15, -0.1) is 0 Å². The third kappa shape index (κ3) is 2.40. The smallest absolute Gasteiger partial charge is 0.241 e. The molecular weight excluding hydrogens is 264 g/mol. The maximum Gasteiger partial charge on any atom is 0.241 e. The number of hydrogen-bond donors (Lipinski definition) is 2. The van der Waals surface area contributed by atoms with Crippen LogP contribution in [0.5, 0.6) is 0 Å². The highest BCUT2D eigenvalue weighted by atomic mass is 16.5. The van der Waals surface area contributed by atoms with Gasteiger partial charge in [0.15, 0.2) is 0 Å². The number of fused-ring (bicyclic) bond motifs is 1. The lowest BCUT2D eigenvalue weighted by Crippen LogP contribution is -2.80. The first-order valence-electron chi connectivity index (χ1n) is 8.32. The Hall–Kier alpha value is -0.610. The van der Waals surface area contributed by atoms with E-state index in [4.69, 9.17) is 10.5 Å². The van der Waals surface area contributed by atoms with Crippen molar-refractivity contribution in [1.82, 2.24) is 5.32 Å². The van der Waals surface area contributed by atoms with E-state index in [-0.39, 0.29) is 23.3 Å². The molecule has 3 unspecified atom stereocenters. The van der Waals surface area contributed by atoms with Crippen LogP contribution in [0.15, 0.2) is 0 Å². The first-order valence-corrected chi connectivity index (χ1v) is 8.32. The maximum absolute atomic E-state index is 12.8. The van der Waals surface area contributed by atoms with Crippen LogP contribution in [0, 0.1) is 29.1 Å². The quantitative estimate of drug-likeness (QED) is 0.817. The van der Waals surface area contributed by atoms with Crippen LogP contribution >= 0.6 is 0 Å². The van der Waals surface area contributed by atoms with Gasteiger partial charge < -0.3 is 15.8 Å². The number of carbonyl (C=O) groups excluding carboxylic acids is 1. The fraction of sp³-hybridized carbons (Fsp3) is 0.941. The van der Waals surface area contributed by atoms with E-state index in [2.05, 4.69) is 46.9 Å². The first kappa shape index (κ1) is 16.8. The predicted octanol–water partition coefficient (Wildman–Crippen LogP) is 2.17. The van der Waals surface area contributed by atoms with Crippen molar-refractivity contribution >= 4 is 5.91 Å². The Morgan fingerprint density at radius 1 is 1.29 bits per heavy atom. The van der Waals surface area contributed by atoms with Gasteiger partial charge in [-0.05, 0) is 24.2 Å². The van der Waals surface area contributed by atoms with Gasteiger partial charge >= 0.3 is 0 Å². The Morgan fingerprint density at radius 3 is 2.38 bits per heavy atom. The lowest BCUT2D eigenvalue weighted by atomic mass is 9.48. The zero-order valence-electron chi connectivity index (χ0n) is 14.4. The van der Waals surface area contributed by atoms with Crippen molar-refractivity contribution in [3.05, 3.63) is 0 Å². The molecule has 2 fully saturated rings. The minimum absolute atomic E-state index is 0.00514. The molecule has 4 nitrogen and oxygen atoms in total. The van der Waals surface area contributed by atoms with Crippen molar-refractivity contribution in [3.63, 3.8) is 0 Å². The predicted molar refractivity (Wildman–Crippen MR) is 84.7 cm³/mol. The van der Waals surface area contributed by atoms with Crippen LogP contribution in [0.1, 0.15) is 48.0 Å². The SMILES string of the molecule is CC(C)C(CNC(=O)C1(N)C2CCOC2C1(C)C)C(C)C. The zero-order valence-corrected chi connectivity index (χ0v) is 14.4. The topological polar surface area (TPSA) is 64.4 Å². The summed E-state index contributed by atoms with van der Waals surface area (Å²) in [7, 11) is 0. The summed E-state index contributed by atoms with van der Waals surface area (Å²) in [6.07, 6.45) is 1.04. The van der Waals surface area contributed by atoms with Gasteiger partial charge in [-0.1, -0.05) is 41.5 Å². The second kappa shape index (κ2) is 5.54. The number of nitrogens with two attached hydrogens (primary N) is 1. The van der Waals surface area contributed by atoms with Crippen LogP contribution in [0.4, 0.5) is 0 Å². The molecule has 3 N–H and O–H groups in total. The molecule has 0 radical (unpaired) electrons.